The normalized spacial score (nSPS) is 17.1. The maximum Gasteiger partial charge on any atom is 0.246 e. The van der Waals surface area contributed by atoms with Gasteiger partial charge in [-0.05, 0) is 37.6 Å². The van der Waals surface area contributed by atoms with Crippen LogP contribution in [0.25, 0.3) is 43.9 Å². The van der Waals surface area contributed by atoms with E-state index in [9.17, 15) is 14.0 Å². The molecule has 0 radical (unpaired) electrons. The van der Waals surface area contributed by atoms with Gasteiger partial charge >= 0.3 is 0 Å². The smallest absolute Gasteiger partial charge is 0.246 e. The van der Waals surface area contributed by atoms with Crippen LogP contribution in [-0.2, 0) is 27.3 Å². The Kier molecular flexibility index (Phi) is 10.1. The minimum Gasteiger partial charge on any atom is -0.490 e. The third kappa shape index (κ3) is 6.68. The summed E-state index contributed by atoms with van der Waals surface area (Å²) in [5.74, 6) is -2.96. The minimum atomic E-state index is -0.972. The van der Waals surface area contributed by atoms with Crippen molar-refractivity contribution in [2.45, 2.75) is 38.9 Å². The molecule has 2 aliphatic rings. The Labute approximate surface area is 308 Å². The van der Waals surface area contributed by atoms with Crippen LogP contribution in [0, 0.1) is 17.5 Å². The van der Waals surface area contributed by atoms with Gasteiger partial charge in [-0.3, -0.25) is 24.2 Å². The number of amides is 2. The number of carbonyl (C=O) groups is 2. The first kappa shape index (κ1) is 36.2. The van der Waals surface area contributed by atoms with Gasteiger partial charge in [0, 0.05) is 86.1 Å². The van der Waals surface area contributed by atoms with Crippen LogP contribution in [0.4, 0.5) is 13.2 Å². The summed E-state index contributed by atoms with van der Waals surface area (Å²) in [6.45, 7) is 9.30. The lowest BCUT2D eigenvalue weighted by molar-refractivity contribution is -0.129. The quantitative estimate of drug-likeness (QED) is 0.135. The molecule has 2 amide bonds. The molecule has 2 atom stereocenters. The summed E-state index contributed by atoms with van der Waals surface area (Å²) in [5, 5.41) is 8.99. The number of nitrogens with zero attached hydrogens (tertiary/aromatic N) is 6. The van der Waals surface area contributed by atoms with Crippen molar-refractivity contribution in [2.24, 2.45) is 0 Å². The lowest BCUT2D eigenvalue weighted by Crippen LogP contribution is -2.42. The number of likely N-dealkylation sites (N-methyl/N-ethyl adjacent to an activating group) is 1. The summed E-state index contributed by atoms with van der Waals surface area (Å²) in [4.78, 5) is 38.6. The molecule has 5 aromatic rings. The molecule has 2 aliphatic heterocycles. The van der Waals surface area contributed by atoms with E-state index in [0.717, 1.165) is 34.7 Å². The topological polar surface area (TPSA) is 115 Å². The zero-order valence-corrected chi connectivity index (χ0v) is 30.5. The van der Waals surface area contributed by atoms with E-state index in [1.165, 1.54) is 18.6 Å². The maximum atomic E-state index is 16.3. The number of thiophene rings is 1. The van der Waals surface area contributed by atoms with Crippen LogP contribution in [0.5, 0.6) is 5.75 Å². The van der Waals surface area contributed by atoms with Gasteiger partial charge in [0.05, 0.1) is 46.9 Å². The van der Waals surface area contributed by atoms with Gasteiger partial charge in [0.2, 0.25) is 11.8 Å². The largest absolute Gasteiger partial charge is 0.490 e. The first-order chi connectivity index (χ1) is 25.5. The van der Waals surface area contributed by atoms with Crippen molar-refractivity contribution in [3.8, 4) is 39.5 Å². The number of rotatable bonds is 10. The van der Waals surface area contributed by atoms with E-state index in [4.69, 9.17) is 24.5 Å². The molecule has 0 saturated carbocycles. The second-order valence-corrected chi connectivity index (χ2v) is 14.0. The van der Waals surface area contributed by atoms with Gasteiger partial charge in [-0.15, -0.1) is 11.3 Å². The van der Waals surface area contributed by atoms with Gasteiger partial charge in [0.1, 0.15) is 41.2 Å². The van der Waals surface area contributed by atoms with Gasteiger partial charge in [-0.25, -0.2) is 18.2 Å². The van der Waals surface area contributed by atoms with Crippen molar-refractivity contribution in [1.29, 1.82) is 0 Å². The van der Waals surface area contributed by atoms with Gasteiger partial charge in [0.25, 0.3) is 0 Å². The Balaban J connectivity index is 1.48. The molecule has 7 rings (SSSR count). The molecule has 53 heavy (non-hydrogen) atoms. The number of halogens is 3. The summed E-state index contributed by atoms with van der Waals surface area (Å²) in [5.41, 5.74) is 3.77. The van der Waals surface area contributed by atoms with Crippen molar-refractivity contribution in [3.05, 3.63) is 82.9 Å². The number of carbonyl (C=O) groups excluding carboxylic acids is 2. The van der Waals surface area contributed by atoms with E-state index in [0.29, 0.717) is 53.4 Å². The zero-order chi connectivity index (χ0) is 37.6. The fraction of sp³-hybridized carbons (Fsp3) is 0.342. The summed E-state index contributed by atoms with van der Waals surface area (Å²) in [6.07, 6.45) is 3.60. The highest BCUT2D eigenvalue weighted by Gasteiger charge is 2.35. The van der Waals surface area contributed by atoms with E-state index in [1.807, 2.05) is 24.8 Å². The highest BCUT2D eigenvalue weighted by Crippen LogP contribution is 2.48. The molecule has 0 saturated heterocycles. The average molecular weight is 746 g/mol. The Morgan fingerprint density at radius 1 is 1.09 bits per heavy atom. The van der Waals surface area contributed by atoms with E-state index in [-0.39, 0.29) is 65.6 Å². The predicted octanol–water partition coefficient (Wildman–Crippen LogP) is 6.09. The number of nitrogens with one attached hydrogen (secondary N) is 1. The van der Waals surface area contributed by atoms with E-state index in [2.05, 4.69) is 11.9 Å². The second-order valence-electron chi connectivity index (χ2n) is 13.2. The maximum absolute atomic E-state index is 16.3. The van der Waals surface area contributed by atoms with Crippen molar-refractivity contribution in [3.63, 3.8) is 0 Å². The number of methoxy groups -OCH3 is 1. The van der Waals surface area contributed by atoms with Crippen molar-refractivity contribution in [1.82, 2.24) is 34.9 Å². The van der Waals surface area contributed by atoms with Crippen molar-refractivity contribution >= 4 is 33.2 Å². The summed E-state index contributed by atoms with van der Waals surface area (Å²) < 4.78 is 60.5. The third-order valence-electron chi connectivity index (χ3n) is 9.76. The molecular weight excluding hydrogens is 708 g/mol. The highest BCUT2D eigenvalue weighted by molar-refractivity contribution is 7.17. The van der Waals surface area contributed by atoms with Crippen LogP contribution in [0.15, 0.2) is 48.5 Å². The zero-order valence-electron chi connectivity index (χ0n) is 29.7. The molecule has 6 heterocycles. The van der Waals surface area contributed by atoms with Crippen molar-refractivity contribution in [2.75, 3.05) is 47.0 Å². The van der Waals surface area contributed by atoms with E-state index in [1.54, 1.807) is 28.9 Å². The van der Waals surface area contributed by atoms with Crippen LogP contribution in [0.2, 0.25) is 0 Å². The molecule has 1 aromatic carbocycles. The first-order valence-electron chi connectivity index (χ1n) is 17.2. The molecule has 0 fully saturated rings. The standard InChI is InChI=1S/C38H38F3N7O4S/c1-6-32(50)47-16-20(2)48-29(21(47)3)14-28(45-48)37-35(33-25(40)12-24(39)13-30(33)52-10-9-51-5)34-26(41)19-53-38(34)36(44-37)22-11-23-17-46(18-31(49)42-4)8-7-27(23)43-15-22/h6,11-15,19-21H,1,7-10,16-18H2,2-5H3,(H,42,49)/t20-,21+/m0/s1. The Bertz CT molecular complexity index is 2260. The predicted molar refractivity (Wildman–Crippen MR) is 195 cm³/mol. The summed E-state index contributed by atoms with van der Waals surface area (Å²) >= 11 is 1.10. The van der Waals surface area contributed by atoms with Gasteiger partial charge in [-0.2, -0.15) is 5.10 Å². The molecule has 4 aromatic heterocycles. The Hall–Kier alpha value is -5.12. The average Bonchev–Trinajstić information content (AvgIpc) is 3.77. The molecular formula is C38H38F3N7O4S. The summed E-state index contributed by atoms with van der Waals surface area (Å²) in [7, 11) is 3.07. The van der Waals surface area contributed by atoms with Crippen LogP contribution in [0.3, 0.4) is 0 Å². The minimum absolute atomic E-state index is 0.0266. The molecule has 0 spiro atoms. The van der Waals surface area contributed by atoms with E-state index < -0.39 is 23.5 Å². The molecule has 0 bridgehead atoms. The number of benzene rings is 1. The van der Waals surface area contributed by atoms with Crippen molar-refractivity contribution < 1.29 is 32.2 Å². The number of hydrogen-bond donors (Lipinski definition) is 1. The highest BCUT2D eigenvalue weighted by atomic mass is 32.1. The van der Waals surface area contributed by atoms with Crippen LogP contribution in [0.1, 0.15) is 42.9 Å². The molecule has 276 valence electrons. The molecule has 0 aliphatic carbocycles. The molecule has 11 nitrogen and oxygen atoms in total. The van der Waals surface area contributed by atoms with E-state index >= 15 is 8.78 Å². The fourth-order valence-electron chi connectivity index (χ4n) is 7.15. The SMILES string of the molecule is C=CC(=O)N1C[C@H](C)n2nc(-c3nc(-c4cnc5c(c4)CN(CC(=O)NC)CC5)c4scc(F)c4c3-c3c(F)cc(F)cc3OCCOC)cc2[C@H]1C. The number of fused-ring (bicyclic) bond motifs is 3. The van der Waals surface area contributed by atoms with Crippen LogP contribution < -0.4 is 10.1 Å². The number of ether oxygens (including phenoxy) is 2. The fourth-order valence-corrected chi connectivity index (χ4v) is 8.08. The lowest BCUT2D eigenvalue weighted by atomic mass is 9.94. The monoisotopic (exact) mass is 745 g/mol. The van der Waals surface area contributed by atoms with Gasteiger partial charge in [-0.1, -0.05) is 6.58 Å². The molecule has 0 unspecified atom stereocenters. The molecule has 15 heteroatoms. The third-order valence-corrected chi connectivity index (χ3v) is 10.7. The molecule has 1 N–H and O–H groups in total. The van der Waals surface area contributed by atoms with Gasteiger partial charge < -0.3 is 19.7 Å². The number of aromatic nitrogens is 4. The lowest BCUT2D eigenvalue weighted by Gasteiger charge is -2.36. The summed E-state index contributed by atoms with van der Waals surface area (Å²) in [6, 6.07) is 4.85. The number of pyridine rings is 2. The van der Waals surface area contributed by atoms with Crippen LogP contribution in [-0.4, -0.2) is 88.4 Å². The first-order valence-corrected chi connectivity index (χ1v) is 18.1. The Morgan fingerprint density at radius 3 is 2.66 bits per heavy atom. The second kappa shape index (κ2) is 14.7. The Morgan fingerprint density at radius 2 is 1.91 bits per heavy atom. The van der Waals surface area contributed by atoms with Crippen LogP contribution >= 0.6 is 11.3 Å². The van der Waals surface area contributed by atoms with Gasteiger partial charge in [0.15, 0.2) is 0 Å². The number of hydrogen-bond acceptors (Lipinski definition) is 9.